The van der Waals surface area contributed by atoms with Crippen molar-refractivity contribution >= 4 is 26.8 Å². The molecule has 7 heteroatoms. The first kappa shape index (κ1) is 18.5. The Morgan fingerprint density at radius 3 is 2.68 bits per heavy atom. The van der Waals surface area contributed by atoms with Crippen LogP contribution in [-0.2, 0) is 6.54 Å². The van der Waals surface area contributed by atoms with Gasteiger partial charge in [-0.2, -0.15) is 0 Å². The van der Waals surface area contributed by atoms with E-state index in [1.807, 2.05) is 6.92 Å². The van der Waals surface area contributed by atoms with E-state index in [1.54, 1.807) is 16.7 Å². The number of hydrogen-bond acceptors (Lipinski definition) is 4. The molecule has 0 amide bonds. The van der Waals surface area contributed by atoms with Gasteiger partial charge in [-0.3, -0.25) is 14.3 Å². The summed E-state index contributed by atoms with van der Waals surface area (Å²) < 4.78 is 16.4. The van der Waals surface area contributed by atoms with Gasteiger partial charge >= 0.3 is 0 Å². The summed E-state index contributed by atoms with van der Waals surface area (Å²) in [6.45, 7) is 8.26. The number of aromatic nitrogens is 2. The molecule has 1 N–H and O–H groups in total. The molecule has 1 atom stereocenters. The first-order chi connectivity index (χ1) is 12.1. The predicted molar refractivity (Wildman–Crippen MR) is 101 cm³/mol. The van der Waals surface area contributed by atoms with Crippen LogP contribution in [0.1, 0.15) is 38.6 Å². The smallest absolute Gasteiger partial charge is 0.264 e. The van der Waals surface area contributed by atoms with E-state index in [0.29, 0.717) is 16.5 Å². The van der Waals surface area contributed by atoms with Crippen LogP contribution >= 0.6 is 15.9 Å². The molecule has 0 radical (unpaired) electrons. The van der Waals surface area contributed by atoms with Crippen molar-refractivity contribution in [3.63, 3.8) is 0 Å². The summed E-state index contributed by atoms with van der Waals surface area (Å²) in [6, 6.07) is 3.41. The lowest BCUT2D eigenvalue weighted by atomic mass is 10.1. The minimum absolute atomic E-state index is 0.0653. The first-order valence-electron chi connectivity index (χ1n) is 8.91. The highest BCUT2D eigenvalue weighted by molar-refractivity contribution is 9.10. The van der Waals surface area contributed by atoms with Gasteiger partial charge in [0.2, 0.25) is 0 Å². The van der Waals surface area contributed by atoms with Gasteiger partial charge in [0.1, 0.15) is 11.2 Å². The molecule has 0 bridgehead atoms. The minimum Gasteiger partial charge on any atom is -0.314 e. The average Bonchev–Trinajstić information content (AvgIpc) is 2.63. The molecule has 2 aromatic rings. The summed E-state index contributed by atoms with van der Waals surface area (Å²) in [7, 11) is 0. The zero-order chi connectivity index (χ0) is 18.0. The summed E-state index contributed by atoms with van der Waals surface area (Å²) in [5.74, 6) is 0.225. The fourth-order valence-corrected chi connectivity index (χ4v) is 3.89. The molecule has 25 heavy (non-hydrogen) atoms. The van der Waals surface area contributed by atoms with Crippen molar-refractivity contribution in [1.29, 1.82) is 0 Å². The van der Waals surface area contributed by atoms with Crippen molar-refractivity contribution in [2.75, 3.05) is 26.2 Å². The average molecular weight is 411 g/mol. The van der Waals surface area contributed by atoms with Crippen molar-refractivity contribution in [3.8, 4) is 0 Å². The molecule has 1 unspecified atom stereocenters. The number of nitrogens with one attached hydrogen (secondary N) is 1. The van der Waals surface area contributed by atoms with Crippen molar-refractivity contribution in [2.24, 2.45) is 0 Å². The van der Waals surface area contributed by atoms with Crippen LogP contribution in [-0.4, -0.2) is 40.6 Å². The lowest BCUT2D eigenvalue weighted by molar-refractivity contribution is 0.154. The van der Waals surface area contributed by atoms with E-state index >= 15 is 0 Å². The van der Waals surface area contributed by atoms with Gasteiger partial charge < -0.3 is 5.32 Å². The Morgan fingerprint density at radius 1 is 1.32 bits per heavy atom. The molecule has 0 saturated carbocycles. The second-order valence-corrected chi connectivity index (χ2v) is 7.22. The van der Waals surface area contributed by atoms with E-state index in [0.717, 1.165) is 44.8 Å². The molecule has 1 saturated heterocycles. The summed E-state index contributed by atoms with van der Waals surface area (Å²) in [6.07, 6.45) is 1.93. The van der Waals surface area contributed by atoms with Crippen molar-refractivity contribution < 1.29 is 4.39 Å². The lowest BCUT2D eigenvalue weighted by Crippen LogP contribution is -2.46. The third-order valence-electron chi connectivity index (χ3n) is 4.81. The molecular formula is C18H24BrFN4O. The van der Waals surface area contributed by atoms with E-state index < -0.39 is 5.82 Å². The van der Waals surface area contributed by atoms with Crippen molar-refractivity contribution in [1.82, 2.24) is 19.8 Å². The largest absolute Gasteiger partial charge is 0.314 e. The Hall–Kier alpha value is -1.31. The topological polar surface area (TPSA) is 50.2 Å². The third-order valence-corrected chi connectivity index (χ3v) is 5.42. The molecule has 5 nitrogen and oxygen atoms in total. The zero-order valence-corrected chi connectivity index (χ0v) is 16.3. The van der Waals surface area contributed by atoms with E-state index in [4.69, 9.17) is 4.98 Å². The van der Waals surface area contributed by atoms with Crippen LogP contribution in [0.25, 0.3) is 10.9 Å². The molecule has 1 aliphatic heterocycles. The maximum absolute atomic E-state index is 14.5. The number of rotatable bonds is 5. The van der Waals surface area contributed by atoms with Crippen LogP contribution in [0.2, 0.25) is 0 Å². The van der Waals surface area contributed by atoms with Gasteiger partial charge in [0.15, 0.2) is 5.82 Å². The third kappa shape index (κ3) is 3.50. The van der Waals surface area contributed by atoms with Crippen LogP contribution in [0, 0.1) is 5.82 Å². The number of piperazine rings is 1. The Labute approximate surface area is 155 Å². The molecule has 0 spiro atoms. The molecular weight excluding hydrogens is 387 g/mol. The van der Waals surface area contributed by atoms with Crippen LogP contribution < -0.4 is 10.9 Å². The fourth-order valence-electron chi connectivity index (χ4n) is 3.56. The summed E-state index contributed by atoms with van der Waals surface area (Å²) in [5, 5.41) is 3.43. The van der Waals surface area contributed by atoms with E-state index in [9.17, 15) is 9.18 Å². The second kappa shape index (κ2) is 7.93. The van der Waals surface area contributed by atoms with Gasteiger partial charge in [-0.05, 0) is 41.4 Å². The molecule has 1 aliphatic rings. The number of benzene rings is 1. The van der Waals surface area contributed by atoms with Crippen LogP contribution in [0.4, 0.5) is 4.39 Å². The van der Waals surface area contributed by atoms with Gasteiger partial charge in [-0.15, -0.1) is 0 Å². The first-order valence-corrected chi connectivity index (χ1v) is 9.71. The highest BCUT2D eigenvalue weighted by Gasteiger charge is 2.27. The van der Waals surface area contributed by atoms with Gasteiger partial charge in [-0.1, -0.05) is 13.3 Å². The molecule has 136 valence electrons. The van der Waals surface area contributed by atoms with Gasteiger partial charge in [0, 0.05) is 32.7 Å². The Kier molecular flexibility index (Phi) is 5.86. The predicted octanol–water partition coefficient (Wildman–Crippen LogP) is 3.06. The van der Waals surface area contributed by atoms with Crippen LogP contribution in [0.3, 0.4) is 0 Å². The maximum Gasteiger partial charge on any atom is 0.264 e. The lowest BCUT2D eigenvalue weighted by Gasteiger charge is -2.35. The molecule has 3 rings (SSSR count). The second-order valence-electron chi connectivity index (χ2n) is 6.37. The van der Waals surface area contributed by atoms with Gasteiger partial charge in [0.05, 0.1) is 16.0 Å². The minimum atomic E-state index is -0.530. The Morgan fingerprint density at radius 2 is 2.04 bits per heavy atom. The zero-order valence-electron chi connectivity index (χ0n) is 14.7. The molecule has 0 aliphatic carbocycles. The molecule has 1 aromatic carbocycles. The van der Waals surface area contributed by atoms with Crippen molar-refractivity contribution in [2.45, 2.75) is 39.3 Å². The van der Waals surface area contributed by atoms with E-state index in [1.165, 1.54) is 0 Å². The number of nitrogens with zero attached hydrogens (tertiary/aromatic N) is 3. The standard InChI is InChI=1S/C18H24BrFN4O/c1-3-5-14(23-10-8-21-9-11-23)17-22-13-7-6-12(19)16(20)15(13)18(25)24(17)4-2/h6-7,14,21H,3-5,8-11H2,1-2H3. The summed E-state index contributed by atoms with van der Waals surface area (Å²) in [4.78, 5) is 20.1. The Bertz CT molecular complexity index is 817. The number of halogens is 2. The quantitative estimate of drug-likeness (QED) is 0.822. The fraction of sp³-hybridized carbons (Fsp3) is 0.556. The van der Waals surface area contributed by atoms with Crippen LogP contribution in [0.5, 0.6) is 0 Å². The number of hydrogen-bond donors (Lipinski definition) is 1. The SMILES string of the molecule is CCCC(c1nc2ccc(Br)c(F)c2c(=O)n1CC)N1CCNCC1. The summed E-state index contributed by atoms with van der Waals surface area (Å²) in [5.41, 5.74) is 0.138. The van der Waals surface area contributed by atoms with Crippen molar-refractivity contribution in [3.05, 3.63) is 38.6 Å². The van der Waals surface area contributed by atoms with Crippen LogP contribution in [0.15, 0.2) is 21.4 Å². The van der Waals surface area contributed by atoms with E-state index in [-0.39, 0.29) is 17.0 Å². The summed E-state index contributed by atoms with van der Waals surface area (Å²) >= 11 is 3.17. The molecule has 1 aromatic heterocycles. The monoisotopic (exact) mass is 410 g/mol. The van der Waals surface area contributed by atoms with Gasteiger partial charge in [0.25, 0.3) is 5.56 Å². The molecule has 2 heterocycles. The highest BCUT2D eigenvalue weighted by atomic mass is 79.9. The van der Waals surface area contributed by atoms with Gasteiger partial charge in [-0.25, -0.2) is 9.37 Å². The normalized spacial score (nSPS) is 17.1. The van der Waals surface area contributed by atoms with E-state index in [2.05, 4.69) is 33.1 Å². The molecule has 1 fully saturated rings. The number of fused-ring (bicyclic) bond motifs is 1. The maximum atomic E-state index is 14.5. The highest BCUT2D eigenvalue weighted by Crippen LogP contribution is 2.27. The Balaban J connectivity index is 2.19.